The van der Waals surface area contributed by atoms with Gasteiger partial charge in [-0.3, -0.25) is 15.0 Å². The van der Waals surface area contributed by atoms with Crippen molar-refractivity contribution >= 4 is 17.4 Å². The second-order valence-electron chi connectivity index (χ2n) is 9.07. The van der Waals surface area contributed by atoms with Crippen molar-refractivity contribution < 1.29 is 14.3 Å². The van der Waals surface area contributed by atoms with Gasteiger partial charge >= 0.3 is 0 Å². The largest absolute Gasteiger partial charge is 0.493 e. The Balaban J connectivity index is 0.00000456. The van der Waals surface area contributed by atoms with Gasteiger partial charge in [0.05, 0.1) is 32.9 Å². The summed E-state index contributed by atoms with van der Waals surface area (Å²) in [6.45, 7) is 8.81. The standard InChI is InChI=1S/C27H35N5O3.CH4/c1-19(2)23-16-32(27(33)15-21-10-11-24(34-4)25(14-21)35-5)13-12-31(23)17-26(29-18-28)30-22-9-7-6-8-20(22)3;/h6-11,14,19,23H,12-13,15-17H2,1-5H3,(H,29,30);1H4/t23-;/m1./s1. The number of nitrogens with one attached hydrogen (secondary N) is 1. The van der Waals surface area contributed by atoms with Gasteiger partial charge in [0.25, 0.3) is 0 Å². The van der Waals surface area contributed by atoms with Crippen molar-refractivity contribution in [3.63, 3.8) is 0 Å². The number of benzene rings is 2. The smallest absolute Gasteiger partial charge is 0.227 e. The van der Waals surface area contributed by atoms with Crippen LogP contribution < -0.4 is 14.8 Å². The summed E-state index contributed by atoms with van der Waals surface area (Å²) in [7, 11) is 3.19. The lowest BCUT2D eigenvalue weighted by Gasteiger charge is -2.43. The third-order valence-corrected chi connectivity index (χ3v) is 6.38. The molecule has 1 fully saturated rings. The number of amidine groups is 1. The normalized spacial score (nSPS) is 16.2. The van der Waals surface area contributed by atoms with Crippen LogP contribution in [0.1, 0.15) is 32.4 Å². The third kappa shape index (κ3) is 7.22. The quantitative estimate of drug-likeness (QED) is 0.257. The van der Waals surface area contributed by atoms with E-state index in [1.807, 2.05) is 60.5 Å². The first-order valence-corrected chi connectivity index (χ1v) is 11.9. The van der Waals surface area contributed by atoms with E-state index in [9.17, 15) is 10.1 Å². The highest BCUT2D eigenvalue weighted by Gasteiger charge is 2.32. The van der Waals surface area contributed by atoms with E-state index in [4.69, 9.17) is 14.5 Å². The number of aryl methyl sites for hydroxylation is 1. The van der Waals surface area contributed by atoms with Crippen LogP contribution in [-0.2, 0) is 11.2 Å². The lowest BCUT2D eigenvalue weighted by atomic mass is 9.98. The van der Waals surface area contributed by atoms with E-state index in [2.05, 4.69) is 24.1 Å². The number of nitrogens with zero attached hydrogens (tertiary/aromatic N) is 4. The Hall–Kier alpha value is -3.57. The molecule has 0 aliphatic carbocycles. The Morgan fingerprint density at radius 2 is 1.89 bits per heavy atom. The summed E-state index contributed by atoms with van der Waals surface area (Å²) in [5.41, 5.74) is 2.79. The predicted octanol–water partition coefficient (Wildman–Crippen LogP) is 4.16. The number of hydrogen-bond acceptors (Lipinski definition) is 6. The van der Waals surface area contributed by atoms with Gasteiger partial charge in [-0.1, -0.05) is 45.5 Å². The minimum Gasteiger partial charge on any atom is -0.493 e. The van der Waals surface area contributed by atoms with E-state index < -0.39 is 0 Å². The molecule has 0 bridgehead atoms. The molecule has 0 saturated carbocycles. The molecule has 3 rings (SSSR count). The maximum atomic E-state index is 13.2. The Morgan fingerprint density at radius 1 is 1.17 bits per heavy atom. The van der Waals surface area contributed by atoms with E-state index in [0.29, 0.717) is 55.9 Å². The average molecular weight is 494 g/mol. The highest BCUT2D eigenvalue weighted by molar-refractivity contribution is 5.88. The van der Waals surface area contributed by atoms with Crippen molar-refractivity contribution in [1.29, 1.82) is 5.26 Å². The molecular formula is C28H39N5O3. The van der Waals surface area contributed by atoms with Crippen LogP contribution in [0.15, 0.2) is 47.5 Å². The van der Waals surface area contributed by atoms with Crippen LogP contribution in [0.5, 0.6) is 11.5 Å². The van der Waals surface area contributed by atoms with Gasteiger partial charge in [-0.2, -0.15) is 5.26 Å². The summed E-state index contributed by atoms with van der Waals surface area (Å²) >= 11 is 0. The van der Waals surface area contributed by atoms with Crippen LogP contribution in [-0.4, -0.2) is 68.0 Å². The van der Waals surface area contributed by atoms with Crippen molar-refractivity contribution in [2.45, 2.75) is 40.7 Å². The van der Waals surface area contributed by atoms with E-state index in [-0.39, 0.29) is 19.4 Å². The summed E-state index contributed by atoms with van der Waals surface area (Å²) in [6, 6.07) is 13.6. The molecule has 2 aromatic carbocycles. The van der Waals surface area contributed by atoms with Gasteiger partial charge in [-0.25, -0.2) is 4.99 Å². The minimum absolute atomic E-state index is 0. The topological polar surface area (TPSA) is 90.2 Å². The number of ether oxygens (including phenoxy) is 2. The fourth-order valence-corrected chi connectivity index (χ4v) is 4.37. The van der Waals surface area contributed by atoms with E-state index in [1.165, 1.54) is 0 Å². The number of rotatable bonds is 8. The number of carbonyl (C=O) groups is 1. The van der Waals surface area contributed by atoms with Gasteiger partial charge in [0.2, 0.25) is 5.91 Å². The number of amides is 1. The maximum Gasteiger partial charge on any atom is 0.227 e. The number of nitriles is 1. The Labute approximate surface area is 215 Å². The summed E-state index contributed by atoms with van der Waals surface area (Å²) < 4.78 is 10.7. The molecule has 0 spiro atoms. The van der Waals surface area contributed by atoms with Crippen LogP contribution in [0, 0.1) is 24.3 Å². The monoisotopic (exact) mass is 493 g/mol. The Bertz CT molecular complexity index is 1090. The molecule has 0 unspecified atom stereocenters. The van der Waals surface area contributed by atoms with Crippen LogP contribution in [0.3, 0.4) is 0 Å². The Kier molecular flexibility index (Phi) is 10.8. The van der Waals surface area contributed by atoms with Gasteiger partial charge in [0.1, 0.15) is 5.84 Å². The first-order valence-electron chi connectivity index (χ1n) is 11.9. The average Bonchev–Trinajstić information content (AvgIpc) is 2.85. The summed E-state index contributed by atoms with van der Waals surface area (Å²) in [6.07, 6.45) is 2.33. The highest BCUT2D eigenvalue weighted by Crippen LogP contribution is 2.28. The number of aliphatic imine (C=N–C) groups is 1. The first kappa shape index (κ1) is 28.7. The van der Waals surface area contributed by atoms with Gasteiger partial charge < -0.3 is 14.4 Å². The van der Waals surface area contributed by atoms with Gasteiger partial charge in [-0.15, -0.1) is 0 Å². The molecule has 36 heavy (non-hydrogen) atoms. The molecule has 2 aromatic rings. The van der Waals surface area contributed by atoms with E-state index in [1.54, 1.807) is 14.2 Å². The molecule has 8 nitrogen and oxygen atoms in total. The Morgan fingerprint density at radius 3 is 2.53 bits per heavy atom. The zero-order valence-corrected chi connectivity index (χ0v) is 21.2. The number of piperazine rings is 1. The predicted molar refractivity (Wildman–Crippen MR) is 144 cm³/mol. The van der Waals surface area contributed by atoms with Gasteiger partial charge in [0, 0.05) is 25.7 Å². The molecule has 0 radical (unpaired) electrons. The van der Waals surface area contributed by atoms with Crippen LogP contribution >= 0.6 is 0 Å². The first-order chi connectivity index (χ1) is 16.9. The van der Waals surface area contributed by atoms with Crippen molar-refractivity contribution in [2.24, 2.45) is 10.9 Å². The third-order valence-electron chi connectivity index (χ3n) is 6.38. The molecular weight excluding hydrogens is 454 g/mol. The van der Waals surface area contributed by atoms with Crippen molar-refractivity contribution in [2.75, 3.05) is 40.4 Å². The van der Waals surface area contributed by atoms with E-state index in [0.717, 1.165) is 16.8 Å². The fourth-order valence-electron chi connectivity index (χ4n) is 4.37. The lowest BCUT2D eigenvalue weighted by molar-refractivity contribution is -0.133. The molecule has 1 amide bonds. The van der Waals surface area contributed by atoms with Gasteiger partial charge in [-0.05, 0) is 42.2 Å². The number of hydrogen-bond donors (Lipinski definition) is 1. The van der Waals surface area contributed by atoms with Crippen molar-refractivity contribution in [1.82, 2.24) is 15.1 Å². The van der Waals surface area contributed by atoms with Crippen LogP contribution in [0.4, 0.5) is 5.69 Å². The summed E-state index contributed by atoms with van der Waals surface area (Å²) in [5, 5.41) is 12.0. The van der Waals surface area contributed by atoms with Crippen LogP contribution in [0.2, 0.25) is 0 Å². The molecule has 8 heteroatoms. The summed E-state index contributed by atoms with van der Waals surface area (Å²) in [4.78, 5) is 22.1. The highest BCUT2D eigenvalue weighted by atomic mass is 16.5. The molecule has 1 atom stereocenters. The van der Waals surface area contributed by atoms with Crippen molar-refractivity contribution in [3.05, 3.63) is 53.6 Å². The minimum atomic E-state index is 0. The molecule has 1 saturated heterocycles. The fraction of sp³-hybridized carbons (Fsp3) is 0.464. The zero-order chi connectivity index (χ0) is 25.4. The maximum absolute atomic E-state index is 13.2. The molecule has 1 heterocycles. The molecule has 0 aromatic heterocycles. The second-order valence-corrected chi connectivity index (χ2v) is 9.07. The van der Waals surface area contributed by atoms with Gasteiger partial charge in [0.15, 0.2) is 17.7 Å². The van der Waals surface area contributed by atoms with E-state index >= 15 is 0 Å². The second kappa shape index (κ2) is 13.5. The van der Waals surface area contributed by atoms with Crippen LogP contribution in [0.25, 0.3) is 0 Å². The molecule has 1 aliphatic heterocycles. The SMILES string of the molecule is C.COc1ccc(CC(=O)N2CCN(CC(=Nc3ccccc3C)NC#N)[C@@H](C(C)C)C2)cc1OC. The number of carbonyl (C=O) groups excluding carboxylic acids is 1. The lowest BCUT2D eigenvalue weighted by Crippen LogP contribution is -2.58. The number of para-hydroxylation sites is 1. The molecule has 1 N–H and O–H groups in total. The van der Waals surface area contributed by atoms with Crippen molar-refractivity contribution in [3.8, 4) is 17.7 Å². The summed E-state index contributed by atoms with van der Waals surface area (Å²) in [5.74, 6) is 2.29. The molecule has 194 valence electrons. The molecule has 1 aliphatic rings. The number of methoxy groups -OCH3 is 2. The zero-order valence-electron chi connectivity index (χ0n) is 21.2.